The van der Waals surface area contributed by atoms with Crippen LogP contribution in [0.15, 0.2) is 24.3 Å². The monoisotopic (exact) mass is 345 g/mol. The van der Waals surface area contributed by atoms with Gasteiger partial charge in [0.2, 0.25) is 11.8 Å². The molecule has 136 valence electrons. The fraction of sp³-hybridized carbons (Fsp3) is 0.579. The summed E-state index contributed by atoms with van der Waals surface area (Å²) in [6, 6.07) is 8.02. The van der Waals surface area contributed by atoms with Crippen LogP contribution < -0.4 is 10.2 Å². The number of amides is 2. The standard InChI is InChI=1S/C19H27N3O3/c1-15(23)22(16-6-2-3-7-16)14-19(24)20-17-8-4-5-9-18(17)21-10-12-25-13-11-21/h4-5,8-9,16H,2-3,6-7,10-14H2,1H3,(H,20,24). The summed E-state index contributed by atoms with van der Waals surface area (Å²) in [7, 11) is 0. The summed E-state index contributed by atoms with van der Waals surface area (Å²) in [4.78, 5) is 28.5. The molecule has 0 radical (unpaired) electrons. The van der Waals surface area contributed by atoms with Crippen molar-refractivity contribution in [1.82, 2.24) is 4.90 Å². The van der Waals surface area contributed by atoms with Gasteiger partial charge in [0.05, 0.1) is 24.6 Å². The maximum absolute atomic E-state index is 12.6. The second-order valence-corrected chi connectivity index (χ2v) is 6.75. The van der Waals surface area contributed by atoms with Crippen LogP contribution in [0.4, 0.5) is 11.4 Å². The Balaban J connectivity index is 1.66. The minimum absolute atomic E-state index is 0.0245. The van der Waals surface area contributed by atoms with Crippen LogP contribution in [-0.4, -0.2) is 55.6 Å². The Bertz CT molecular complexity index is 608. The molecule has 1 N–H and O–H groups in total. The number of carbonyl (C=O) groups excluding carboxylic acids is 2. The Labute approximate surface area is 149 Å². The molecule has 0 atom stereocenters. The van der Waals surface area contributed by atoms with Crippen molar-refractivity contribution in [3.8, 4) is 0 Å². The van der Waals surface area contributed by atoms with E-state index < -0.39 is 0 Å². The predicted molar refractivity (Wildman–Crippen MR) is 97.7 cm³/mol. The highest BCUT2D eigenvalue weighted by Gasteiger charge is 2.26. The van der Waals surface area contributed by atoms with E-state index in [1.54, 1.807) is 11.8 Å². The summed E-state index contributed by atoms with van der Waals surface area (Å²) in [5.74, 6) is -0.161. The number of nitrogens with one attached hydrogen (secondary N) is 1. The molecule has 1 aromatic carbocycles. The maximum Gasteiger partial charge on any atom is 0.244 e. The van der Waals surface area contributed by atoms with E-state index in [1.165, 1.54) is 0 Å². The largest absolute Gasteiger partial charge is 0.378 e. The maximum atomic E-state index is 12.6. The highest BCUT2D eigenvalue weighted by Crippen LogP contribution is 2.27. The summed E-state index contributed by atoms with van der Waals surface area (Å²) < 4.78 is 5.40. The number of hydrogen-bond acceptors (Lipinski definition) is 4. The van der Waals surface area contributed by atoms with Crippen molar-refractivity contribution in [2.75, 3.05) is 43.1 Å². The molecule has 1 saturated heterocycles. The van der Waals surface area contributed by atoms with E-state index in [4.69, 9.17) is 4.74 Å². The van der Waals surface area contributed by atoms with E-state index in [0.29, 0.717) is 13.2 Å². The molecule has 1 aliphatic carbocycles. The predicted octanol–water partition coefficient (Wildman–Crippen LogP) is 2.25. The SMILES string of the molecule is CC(=O)N(CC(=O)Nc1ccccc1N1CCOCC1)C1CCCC1. The molecule has 1 saturated carbocycles. The lowest BCUT2D eigenvalue weighted by molar-refractivity contribution is -0.135. The van der Waals surface area contributed by atoms with Crippen LogP contribution in [0, 0.1) is 0 Å². The Hall–Kier alpha value is -2.08. The minimum Gasteiger partial charge on any atom is -0.378 e. The van der Waals surface area contributed by atoms with Crippen molar-refractivity contribution >= 4 is 23.2 Å². The van der Waals surface area contributed by atoms with E-state index in [9.17, 15) is 9.59 Å². The average Bonchev–Trinajstić information content (AvgIpc) is 3.15. The molecule has 2 amide bonds. The van der Waals surface area contributed by atoms with Crippen molar-refractivity contribution in [1.29, 1.82) is 0 Å². The normalized spacial score (nSPS) is 18.2. The summed E-state index contributed by atoms with van der Waals surface area (Å²) >= 11 is 0. The van der Waals surface area contributed by atoms with Crippen LogP contribution in [0.25, 0.3) is 0 Å². The van der Waals surface area contributed by atoms with E-state index in [1.807, 2.05) is 24.3 Å². The van der Waals surface area contributed by atoms with Gasteiger partial charge in [-0.15, -0.1) is 0 Å². The van der Waals surface area contributed by atoms with Gasteiger partial charge < -0.3 is 19.9 Å². The quantitative estimate of drug-likeness (QED) is 0.889. The second-order valence-electron chi connectivity index (χ2n) is 6.75. The number of anilines is 2. The number of para-hydroxylation sites is 2. The van der Waals surface area contributed by atoms with Crippen LogP contribution in [0.3, 0.4) is 0 Å². The molecule has 2 aliphatic rings. The first-order valence-corrected chi connectivity index (χ1v) is 9.14. The zero-order valence-electron chi connectivity index (χ0n) is 14.9. The van der Waals surface area contributed by atoms with Gasteiger partial charge in [0, 0.05) is 26.1 Å². The first kappa shape index (κ1) is 17.7. The number of carbonyl (C=O) groups is 2. The van der Waals surface area contributed by atoms with Gasteiger partial charge in [-0.1, -0.05) is 25.0 Å². The number of nitrogens with zero attached hydrogens (tertiary/aromatic N) is 2. The van der Waals surface area contributed by atoms with Crippen molar-refractivity contribution in [3.63, 3.8) is 0 Å². The van der Waals surface area contributed by atoms with Gasteiger partial charge in [0.25, 0.3) is 0 Å². The van der Waals surface area contributed by atoms with E-state index >= 15 is 0 Å². The lowest BCUT2D eigenvalue weighted by Gasteiger charge is -2.31. The van der Waals surface area contributed by atoms with Gasteiger partial charge >= 0.3 is 0 Å². The molecule has 0 spiro atoms. The Morgan fingerprint density at radius 2 is 1.88 bits per heavy atom. The molecule has 6 heteroatoms. The highest BCUT2D eigenvalue weighted by atomic mass is 16.5. The minimum atomic E-state index is -0.136. The van der Waals surface area contributed by atoms with Crippen molar-refractivity contribution in [2.45, 2.75) is 38.6 Å². The van der Waals surface area contributed by atoms with Gasteiger partial charge in [-0.05, 0) is 25.0 Å². The summed E-state index contributed by atoms with van der Waals surface area (Å²) in [6.07, 6.45) is 4.26. The number of benzene rings is 1. The molecule has 0 unspecified atom stereocenters. The van der Waals surface area contributed by atoms with Gasteiger partial charge in [0.15, 0.2) is 0 Å². The fourth-order valence-electron chi connectivity index (χ4n) is 3.72. The third kappa shape index (κ3) is 4.51. The lowest BCUT2D eigenvalue weighted by Crippen LogP contribution is -2.43. The third-order valence-electron chi connectivity index (χ3n) is 5.01. The number of rotatable bonds is 5. The Morgan fingerprint density at radius 1 is 1.20 bits per heavy atom. The van der Waals surface area contributed by atoms with Gasteiger partial charge in [-0.2, -0.15) is 0 Å². The lowest BCUT2D eigenvalue weighted by atomic mass is 10.2. The molecular formula is C19H27N3O3. The van der Waals surface area contributed by atoms with Gasteiger partial charge in [-0.3, -0.25) is 9.59 Å². The van der Waals surface area contributed by atoms with Crippen LogP contribution in [0.5, 0.6) is 0 Å². The number of ether oxygens (including phenoxy) is 1. The molecule has 1 aromatic rings. The van der Waals surface area contributed by atoms with E-state index in [-0.39, 0.29) is 24.4 Å². The second kappa shape index (κ2) is 8.34. The summed E-state index contributed by atoms with van der Waals surface area (Å²) in [5, 5.41) is 3.00. The average molecular weight is 345 g/mol. The molecule has 3 rings (SSSR count). The Morgan fingerprint density at radius 3 is 2.56 bits per heavy atom. The summed E-state index contributed by atoms with van der Waals surface area (Å²) in [5.41, 5.74) is 1.80. The van der Waals surface area contributed by atoms with Crippen molar-refractivity contribution < 1.29 is 14.3 Å². The molecule has 0 aromatic heterocycles. The topological polar surface area (TPSA) is 61.9 Å². The number of hydrogen-bond donors (Lipinski definition) is 1. The smallest absolute Gasteiger partial charge is 0.244 e. The van der Waals surface area contributed by atoms with Gasteiger partial charge in [-0.25, -0.2) is 0 Å². The number of morpholine rings is 1. The molecule has 6 nitrogen and oxygen atoms in total. The van der Waals surface area contributed by atoms with E-state index in [2.05, 4.69) is 10.2 Å². The third-order valence-corrected chi connectivity index (χ3v) is 5.01. The van der Waals surface area contributed by atoms with Crippen molar-refractivity contribution in [2.24, 2.45) is 0 Å². The van der Waals surface area contributed by atoms with Crippen LogP contribution in [0.2, 0.25) is 0 Å². The molecule has 25 heavy (non-hydrogen) atoms. The van der Waals surface area contributed by atoms with E-state index in [0.717, 1.165) is 50.1 Å². The zero-order valence-corrected chi connectivity index (χ0v) is 14.9. The van der Waals surface area contributed by atoms with Crippen LogP contribution >= 0.6 is 0 Å². The zero-order chi connectivity index (χ0) is 17.6. The first-order valence-electron chi connectivity index (χ1n) is 9.14. The fourth-order valence-corrected chi connectivity index (χ4v) is 3.72. The molecular weight excluding hydrogens is 318 g/mol. The summed E-state index contributed by atoms with van der Waals surface area (Å²) in [6.45, 7) is 4.69. The first-order chi connectivity index (χ1) is 12.1. The van der Waals surface area contributed by atoms with Crippen LogP contribution in [0.1, 0.15) is 32.6 Å². The molecule has 1 aliphatic heterocycles. The Kier molecular flexibility index (Phi) is 5.91. The molecule has 1 heterocycles. The molecule has 0 bridgehead atoms. The van der Waals surface area contributed by atoms with Crippen LogP contribution in [-0.2, 0) is 14.3 Å². The van der Waals surface area contributed by atoms with Gasteiger partial charge in [0.1, 0.15) is 6.54 Å². The highest BCUT2D eigenvalue weighted by molar-refractivity contribution is 5.97. The van der Waals surface area contributed by atoms with Crippen molar-refractivity contribution in [3.05, 3.63) is 24.3 Å². The molecule has 2 fully saturated rings.